The smallest absolute Gasteiger partial charge is 0.177 e. The highest BCUT2D eigenvalue weighted by Gasteiger charge is 2.18. The largest absolute Gasteiger partial charge is 0.377 e. The van der Waals surface area contributed by atoms with Gasteiger partial charge in [-0.25, -0.2) is 0 Å². The van der Waals surface area contributed by atoms with Crippen molar-refractivity contribution in [3.05, 3.63) is 34.9 Å². The van der Waals surface area contributed by atoms with Crippen LogP contribution in [0.4, 0.5) is 0 Å². The summed E-state index contributed by atoms with van der Waals surface area (Å²) in [6, 6.07) is 6.06. The van der Waals surface area contributed by atoms with E-state index in [1.54, 1.807) is 0 Å². The van der Waals surface area contributed by atoms with Gasteiger partial charge in [-0.1, -0.05) is 17.7 Å². The van der Waals surface area contributed by atoms with Crippen molar-refractivity contribution in [2.45, 2.75) is 39.2 Å². The number of nitrogens with zero attached hydrogens (tertiary/aromatic N) is 1. The number of benzene rings is 1. The minimum Gasteiger partial charge on any atom is -0.377 e. The van der Waals surface area contributed by atoms with Gasteiger partial charge in [0.2, 0.25) is 0 Å². The highest BCUT2D eigenvalue weighted by atomic mass is 16.5. The molecule has 1 aliphatic heterocycles. The van der Waals surface area contributed by atoms with Gasteiger partial charge in [0.25, 0.3) is 0 Å². The molecule has 1 saturated heterocycles. The molecule has 1 aromatic carbocycles. The highest BCUT2D eigenvalue weighted by molar-refractivity contribution is 5.99. The Balaban J connectivity index is 1.91. The molecule has 0 radical (unpaired) electrons. The standard InChI is InChI=1S/C17H25NO2/c1-13-7-8-14(2)16(10-13)17(19)12-18(3)11-15-6-4-5-9-20-15/h7-8,10,15H,4-6,9,11-12H2,1-3H3. The maximum Gasteiger partial charge on any atom is 0.177 e. The van der Waals surface area contributed by atoms with Crippen LogP contribution in [0.25, 0.3) is 0 Å². The van der Waals surface area contributed by atoms with Crippen LogP contribution in [0, 0.1) is 13.8 Å². The molecule has 3 heteroatoms. The van der Waals surface area contributed by atoms with E-state index in [0.29, 0.717) is 12.6 Å². The molecule has 2 rings (SSSR count). The Hall–Kier alpha value is -1.19. The predicted molar refractivity (Wildman–Crippen MR) is 81.3 cm³/mol. The summed E-state index contributed by atoms with van der Waals surface area (Å²) in [5.74, 6) is 0.199. The van der Waals surface area contributed by atoms with E-state index in [4.69, 9.17) is 4.74 Å². The van der Waals surface area contributed by atoms with Crippen LogP contribution in [-0.2, 0) is 4.74 Å². The molecule has 0 aromatic heterocycles. The minimum absolute atomic E-state index is 0.199. The van der Waals surface area contributed by atoms with E-state index in [0.717, 1.165) is 36.3 Å². The second-order valence-corrected chi connectivity index (χ2v) is 5.93. The molecule has 0 aliphatic carbocycles. The predicted octanol–water partition coefficient (Wildman–Crippen LogP) is 2.99. The summed E-state index contributed by atoms with van der Waals surface area (Å²) >= 11 is 0. The molecule has 1 heterocycles. The number of hydrogen-bond acceptors (Lipinski definition) is 3. The molecular weight excluding hydrogens is 250 g/mol. The van der Waals surface area contributed by atoms with Crippen LogP contribution in [0.5, 0.6) is 0 Å². The molecule has 1 unspecified atom stereocenters. The van der Waals surface area contributed by atoms with Crippen LogP contribution in [0.15, 0.2) is 18.2 Å². The number of likely N-dealkylation sites (N-methyl/N-ethyl adjacent to an activating group) is 1. The Labute approximate surface area is 121 Å². The Bertz CT molecular complexity index is 464. The van der Waals surface area contributed by atoms with E-state index in [9.17, 15) is 4.79 Å². The normalized spacial score (nSPS) is 19.3. The van der Waals surface area contributed by atoms with Gasteiger partial charge in [0.1, 0.15) is 0 Å². The first-order valence-corrected chi connectivity index (χ1v) is 7.47. The molecule has 0 N–H and O–H groups in total. The molecular formula is C17H25NO2. The van der Waals surface area contributed by atoms with Crippen LogP contribution in [-0.4, -0.2) is 43.5 Å². The van der Waals surface area contributed by atoms with Gasteiger partial charge in [-0.2, -0.15) is 0 Å². The van der Waals surface area contributed by atoms with Gasteiger partial charge >= 0.3 is 0 Å². The van der Waals surface area contributed by atoms with E-state index < -0.39 is 0 Å². The highest BCUT2D eigenvalue weighted by Crippen LogP contribution is 2.15. The van der Waals surface area contributed by atoms with Crippen molar-refractivity contribution < 1.29 is 9.53 Å². The summed E-state index contributed by atoms with van der Waals surface area (Å²) in [4.78, 5) is 14.5. The summed E-state index contributed by atoms with van der Waals surface area (Å²) in [6.45, 7) is 6.19. The van der Waals surface area contributed by atoms with Gasteiger partial charge in [-0.05, 0) is 51.8 Å². The number of hydrogen-bond donors (Lipinski definition) is 0. The molecule has 20 heavy (non-hydrogen) atoms. The zero-order valence-electron chi connectivity index (χ0n) is 12.8. The molecule has 1 aliphatic rings. The first kappa shape index (κ1) is 15.2. The van der Waals surface area contributed by atoms with Crippen molar-refractivity contribution in [3.8, 4) is 0 Å². The summed E-state index contributed by atoms with van der Waals surface area (Å²) in [5.41, 5.74) is 3.04. The molecule has 0 amide bonds. The molecule has 1 aromatic rings. The van der Waals surface area contributed by atoms with E-state index in [1.165, 1.54) is 12.8 Å². The van der Waals surface area contributed by atoms with Crippen LogP contribution in [0.2, 0.25) is 0 Å². The number of rotatable bonds is 5. The molecule has 110 valence electrons. The SMILES string of the molecule is Cc1ccc(C)c(C(=O)CN(C)CC2CCCCO2)c1. The summed E-state index contributed by atoms with van der Waals surface area (Å²) in [6.07, 6.45) is 3.81. The maximum atomic E-state index is 12.4. The van der Waals surface area contributed by atoms with Crippen LogP contribution in [0.1, 0.15) is 40.7 Å². The fourth-order valence-corrected chi connectivity index (χ4v) is 2.73. The molecule has 1 fully saturated rings. The van der Waals surface area contributed by atoms with Crippen molar-refractivity contribution in [2.75, 3.05) is 26.7 Å². The Morgan fingerprint density at radius 3 is 2.85 bits per heavy atom. The Morgan fingerprint density at radius 1 is 1.35 bits per heavy atom. The lowest BCUT2D eigenvalue weighted by Gasteiger charge is -2.27. The number of carbonyl (C=O) groups excluding carboxylic acids is 1. The van der Waals surface area contributed by atoms with Gasteiger partial charge in [0, 0.05) is 18.7 Å². The fraction of sp³-hybridized carbons (Fsp3) is 0.588. The molecule has 0 bridgehead atoms. The Kier molecular flexibility index (Phi) is 5.32. The van der Waals surface area contributed by atoms with Crippen molar-refractivity contribution in [2.24, 2.45) is 0 Å². The summed E-state index contributed by atoms with van der Waals surface area (Å²) < 4.78 is 5.73. The lowest BCUT2D eigenvalue weighted by atomic mass is 10.0. The quantitative estimate of drug-likeness (QED) is 0.774. The van der Waals surface area contributed by atoms with Crippen molar-refractivity contribution in [1.82, 2.24) is 4.90 Å². The first-order valence-electron chi connectivity index (χ1n) is 7.47. The number of carbonyl (C=O) groups is 1. The van der Waals surface area contributed by atoms with Crippen molar-refractivity contribution in [3.63, 3.8) is 0 Å². The molecule has 0 spiro atoms. The van der Waals surface area contributed by atoms with E-state index >= 15 is 0 Å². The zero-order valence-corrected chi connectivity index (χ0v) is 12.8. The number of Topliss-reactive ketones (excluding diaryl/α,β-unsaturated/α-hetero) is 1. The van der Waals surface area contributed by atoms with Crippen molar-refractivity contribution in [1.29, 1.82) is 0 Å². The molecule has 3 nitrogen and oxygen atoms in total. The Morgan fingerprint density at radius 2 is 2.15 bits per heavy atom. The monoisotopic (exact) mass is 275 g/mol. The average Bonchev–Trinajstić information content (AvgIpc) is 2.42. The number of ether oxygens (including phenoxy) is 1. The van der Waals surface area contributed by atoms with Crippen LogP contribution in [0.3, 0.4) is 0 Å². The number of aryl methyl sites for hydroxylation is 2. The van der Waals surface area contributed by atoms with Gasteiger partial charge in [0.05, 0.1) is 12.6 Å². The third-order valence-corrected chi connectivity index (χ3v) is 3.90. The third-order valence-electron chi connectivity index (χ3n) is 3.90. The number of ketones is 1. The average molecular weight is 275 g/mol. The van der Waals surface area contributed by atoms with Crippen LogP contribution >= 0.6 is 0 Å². The fourth-order valence-electron chi connectivity index (χ4n) is 2.73. The summed E-state index contributed by atoms with van der Waals surface area (Å²) in [7, 11) is 2.00. The van der Waals surface area contributed by atoms with Crippen LogP contribution < -0.4 is 0 Å². The van der Waals surface area contributed by atoms with E-state index in [1.807, 2.05) is 39.1 Å². The second kappa shape index (κ2) is 7.00. The minimum atomic E-state index is 0.199. The molecule has 0 saturated carbocycles. The topological polar surface area (TPSA) is 29.5 Å². The zero-order chi connectivity index (χ0) is 14.5. The van der Waals surface area contributed by atoms with Gasteiger partial charge in [0.15, 0.2) is 5.78 Å². The van der Waals surface area contributed by atoms with Gasteiger partial charge < -0.3 is 4.74 Å². The summed E-state index contributed by atoms with van der Waals surface area (Å²) in [5, 5.41) is 0. The van der Waals surface area contributed by atoms with E-state index in [-0.39, 0.29) is 5.78 Å². The lowest BCUT2D eigenvalue weighted by molar-refractivity contribution is -0.000671. The molecule has 1 atom stereocenters. The van der Waals surface area contributed by atoms with Gasteiger partial charge in [-0.15, -0.1) is 0 Å². The van der Waals surface area contributed by atoms with E-state index in [2.05, 4.69) is 4.90 Å². The van der Waals surface area contributed by atoms with Gasteiger partial charge in [-0.3, -0.25) is 9.69 Å². The first-order chi connectivity index (χ1) is 9.56. The lowest BCUT2D eigenvalue weighted by Crippen LogP contribution is -2.36. The third kappa shape index (κ3) is 4.15. The maximum absolute atomic E-state index is 12.4. The van der Waals surface area contributed by atoms with Crippen molar-refractivity contribution >= 4 is 5.78 Å². The second-order valence-electron chi connectivity index (χ2n) is 5.93.